The number of fused-ring (bicyclic) bond motifs is 1. The number of nitrogens with one attached hydrogen (secondary N) is 1. The Hall–Kier alpha value is -1.22. The van der Waals surface area contributed by atoms with Crippen molar-refractivity contribution in [3.63, 3.8) is 0 Å². The van der Waals surface area contributed by atoms with Crippen LogP contribution in [0.4, 0.5) is 0 Å². The fourth-order valence-electron chi connectivity index (χ4n) is 3.01. The number of methoxy groups -OCH3 is 2. The molecule has 1 atom stereocenters. The topological polar surface area (TPSA) is 30.5 Å². The van der Waals surface area contributed by atoms with E-state index in [1.165, 1.54) is 17.5 Å². The van der Waals surface area contributed by atoms with Crippen LogP contribution < -0.4 is 14.8 Å². The standard InChI is InChI=1S/C16H25NO2/c1-6-7-13-12-9-15(19-5)14(18-4)8-11(12)10-16(2,3)17-13/h8-9,13,17H,6-7,10H2,1-5H3. The second-order valence-corrected chi connectivity index (χ2v) is 5.95. The molecular formula is C16H25NO2. The van der Waals surface area contributed by atoms with Gasteiger partial charge in [0.25, 0.3) is 0 Å². The molecule has 0 fully saturated rings. The molecule has 0 bridgehead atoms. The zero-order chi connectivity index (χ0) is 14.0. The third-order valence-corrected chi connectivity index (χ3v) is 3.80. The monoisotopic (exact) mass is 263 g/mol. The molecule has 0 aliphatic carbocycles. The van der Waals surface area contributed by atoms with E-state index in [-0.39, 0.29) is 5.54 Å². The van der Waals surface area contributed by atoms with Crippen molar-refractivity contribution < 1.29 is 9.47 Å². The second kappa shape index (κ2) is 5.41. The molecule has 0 saturated carbocycles. The summed E-state index contributed by atoms with van der Waals surface area (Å²) in [5, 5.41) is 3.74. The van der Waals surface area contributed by atoms with E-state index in [0.29, 0.717) is 6.04 Å². The Morgan fingerprint density at radius 2 is 1.84 bits per heavy atom. The lowest BCUT2D eigenvalue weighted by atomic mass is 9.82. The highest BCUT2D eigenvalue weighted by Gasteiger charge is 2.31. The van der Waals surface area contributed by atoms with Crippen LogP contribution >= 0.6 is 0 Å². The molecule has 106 valence electrons. The summed E-state index contributed by atoms with van der Waals surface area (Å²) in [6.07, 6.45) is 3.33. The van der Waals surface area contributed by atoms with Crippen LogP contribution in [0, 0.1) is 0 Å². The van der Waals surface area contributed by atoms with E-state index in [1.54, 1.807) is 14.2 Å². The zero-order valence-electron chi connectivity index (χ0n) is 12.7. The summed E-state index contributed by atoms with van der Waals surface area (Å²) >= 11 is 0. The molecule has 1 aromatic rings. The second-order valence-electron chi connectivity index (χ2n) is 5.95. The fraction of sp³-hybridized carbons (Fsp3) is 0.625. The quantitative estimate of drug-likeness (QED) is 0.902. The summed E-state index contributed by atoms with van der Waals surface area (Å²) in [5.74, 6) is 1.65. The van der Waals surface area contributed by atoms with Crippen LogP contribution in [0.25, 0.3) is 0 Å². The fourth-order valence-corrected chi connectivity index (χ4v) is 3.01. The van der Waals surface area contributed by atoms with Crippen molar-refractivity contribution >= 4 is 0 Å². The SMILES string of the molecule is CCCC1NC(C)(C)Cc2cc(OC)c(OC)cc21. The van der Waals surface area contributed by atoms with Gasteiger partial charge in [-0.15, -0.1) is 0 Å². The van der Waals surface area contributed by atoms with Crippen molar-refractivity contribution in [3.8, 4) is 11.5 Å². The molecule has 0 saturated heterocycles. The molecule has 3 heteroatoms. The number of hydrogen-bond acceptors (Lipinski definition) is 3. The van der Waals surface area contributed by atoms with Crippen LogP contribution in [0.5, 0.6) is 11.5 Å². The molecular weight excluding hydrogens is 238 g/mol. The van der Waals surface area contributed by atoms with E-state index in [2.05, 4.69) is 38.2 Å². The van der Waals surface area contributed by atoms with Gasteiger partial charge in [0.1, 0.15) is 0 Å². The predicted molar refractivity (Wildman–Crippen MR) is 78.1 cm³/mol. The van der Waals surface area contributed by atoms with Crippen molar-refractivity contribution in [1.82, 2.24) is 5.32 Å². The van der Waals surface area contributed by atoms with E-state index >= 15 is 0 Å². The van der Waals surface area contributed by atoms with Gasteiger partial charge in [-0.3, -0.25) is 0 Å². The molecule has 1 aliphatic heterocycles. The van der Waals surface area contributed by atoms with Gasteiger partial charge in [0, 0.05) is 11.6 Å². The minimum Gasteiger partial charge on any atom is -0.493 e. The van der Waals surface area contributed by atoms with Gasteiger partial charge in [-0.2, -0.15) is 0 Å². The highest BCUT2D eigenvalue weighted by Crippen LogP contribution is 2.39. The predicted octanol–water partition coefficient (Wildman–Crippen LogP) is 3.47. The molecule has 2 rings (SSSR count). The van der Waals surface area contributed by atoms with Gasteiger partial charge in [0.15, 0.2) is 11.5 Å². The Morgan fingerprint density at radius 3 is 2.42 bits per heavy atom. The Morgan fingerprint density at radius 1 is 1.21 bits per heavy atom. The first-order valence-electron chi connectivity index (χ1n) is 7.03. The molecule has 1 unspecified atom stereocenters. The summed E-state index contributed by atoms with van der Waals surface area (Å²) < 4.78 is 10.8. The molecule has 1 aromatic carbocycles. The van der Waals surface area contributed by atoms with Gasteiger partial charge in [0.05, 0.1) is 14.2 Å². The number of rotatable bonds is 4. The summed E-state index contributed by atoms with van der Waals surface area (Å²) in [6.45, 7) is 6.74. The molecule has 0 radical (unpaired) electrons. The van der Waals surface area contributed by atoms with E-state index in [0.717, 1.165) is 24.3 Å². The lowest BCUT2D eigenvalue weighted by Crippen LogP contribution is -2.47. The molecule has 1 N–H and O–H groups in total. The number of ether oxygens (including phenoxy) is 2. The average Bonchev–Trinajstić information content (AvgIpc) is 2.36. The van der Waals surface area contributed by atoms with Crippen molar-refractivity contribution in [2.75, 3.05) is 14.2 Å². The van der Waals surface area contributed by atoms with Gasteiger partial charge in [0.2, 0.25) is 0 Å². The lowest BCUT2D eigenvalue weighted by Gasteiger charge is -2.39. The van der Waals surface area contributed by atoms with Crippen LogP contribution in [0.15, 0.2) is 12.1 Å². The van der Waals surface area contributed by atoms with Gasteiger partial charge in [-0.1, -0.05) is 13.3 Å². The van der Waals surface area contributed by atoms with Crippen molar-refractivity contribution in [2.45, 2.75) is 51.6 Å². The summed E-state index contributed by atoms with van der Waals surface area (Å²) in [5.41, 5.74) is 2.87. The molecule has 19 heavy (non-hydrogen) atoms. The average molecular weight is 263 g/mol. The summed E-state index contributed by atoms with van der Waals surface area (Å²) in [4.78, 5) is 0. The van der Waals surface area contributed by atoms with Gasteiger partial charge >= 0.3 is 0 Å². The number of hydrogen-bond donors (Lipinski definition) is 1. The van der Waals surface area contributed by atoms with Crippen LogP contribution in [0.1, 0.15) is 50.8 Å². The maximum Gasteiger partial charge on any atom is 0.161 e. The maximum atomic E-state index is 5.43. The maximum absolute atomic E-state index is 5.43. The number of benzene rings is 1. The summed E-state index contributed by atoms with van der Waals surface area (Å²) in [6, 6.07) is 4.68. The van der Waals surface area contributed by atoms with E-state index < -0.39 is 0 Å². The van der Waals surface area contributed by atoms with E-state index in [4.69, 9.17) is 9.47 Å². The normalized spacial score (nSPS) is 20.8. The Kier molecular flexibility index (Phi) is 4.04. The highest BCUT2D eigenvalue weighted by atomic mass is 16.5. The zero-order valence-corrected chi connectivity index (χ0v) is 12.7. The third kappa shape index (κ3) is 2.86. The first-order chi connectivity index (χ1) is 9.00. The van der Waals surface area contributed by atoms with Crippen LogP contribution in [-0.4, -0.2) is 19.8 Å². The molecule has 3 nitrogen and oxygen atoms in total. The van der Waals surface area contributed by atoms with E-state index in [9.17, 15) is 0 Å². The minimum absolute atomic E-state index is 0.131. The molecule has 0 amide bonds. The van der Waals surface area contributed by atoms with Crippen LogP contribution in [0.3, 0.4) is 0 Å². The Bertz CT molecular complexity index is 454. The van der Waals surface area contributed by atoms with Crippen LogP contribution in [0.2, 0.25) is 0 Å². The van der Waals surface area contributed by atoms with Crippen molar-refractivity contribution in [2.24, 2.45) is 0 Å². The molecule has 0 spiro atoms. The van der Waals surface area contributed by atoms with E-state index in [1.807, 2.05) is 0 Å². The van der Waals surface area contributed by atoms with Crippen LogP contribution in [-0.2, 0) is 6.42 Å². The molecule has 1 aliphatic rings. The van der Waals surface area contributed by atoms with Crippen molar-refractivity contribution in [1.29, 1.82) is 0 Å². The summed E-state index contributed by atoms with van der Waals surface area (Å²) in [7, 11) is 3.39. The third-order valence-electron chi connectivity index (χ3n) is 3.80. The van der Waals surface area contributed by atoms with Gasteiger partial charge < -0.3 is 14.8 Å². The molecule has 0 aromatic heterocycles. The smallest absolute Gasteiger partial charge is 0.161 e. The van der Waals surface area contributed by atoms with Gasteiger partial charge in [-0.05, 0) is 49.9 Å². The minimum atomic E-state index is 0.131. The first kappa shape index (κ1) is 14.2. The van der Waals surface area contributed by atoms with Gasteiger partial charge in [-0.25, -0.2) is 0 Å². The lowest BCUT2D eigenvalue weighted by molar-refractivity contribution is 0.294. The largest absolute Gasteiger partial charge is 0.493 e. The first-order valence-corrected chi connectivity index (χ1v) is 7.03. The highest BCUT2D eigenvalue weighted by molar-refractivity contribution is 5.50. The van der Waals surface area contributed by atoms with Crippen molar-refractivity contribution in [3.05, 3.63) is 23.3 Å². The Labute approximate surface area is 116 Å². The Balaban J connectivity index is 2.47. The molecule has 1 heterocycles.